The normalized spacial score (nSPS) is 11.7. The minimum Gasteiger partial charge on any atom is -0.461 e. The van der Waals surface area contributed by atoms with Crippen LogP contribution in [0.5, 0.6) is 0 Å². The van der Waals surface area contributed by atoms with Crippen molar-refractivity contribution >= 4 is 5.97 Å². The Bertz CT molecular complexity index is 444. The van der Waals surface area contributed by atoms with Crippen LogP contribution in [0.3, 0.4) is 0 Å². The number of ether oxygens (including phenoxy) is 1. The zero-order valence-electron chi connectivity index (χ0n) is 9.09. The van der Waals surface area contributed by atoms with E-state index in [0.717, 1.165) is 0 Å². The number of halogens is 5. The third-order valence-corrected chi connectivity index (χ3v) is 1.87. The number of rotatable bonds is 3. The monoisotopic (exact) mass is 269 g/mol. The summed E-state index contributed by atoms with van der Waals surface area (Å²) in [6, 6.07) is 0.783. The highest BCUT2D eigenvalue weighted by molar-refractivity contribution is 5.87. The number of hydrogen-bond donors (Lipinski definition) is 0. The molecule has 100 valence electrons. The standard InChI is InChI=1S/C10H8F5NO2/c1-2-18-9(17)6-3-5(8(11)12)4-7(16-6)10(13,14)15/h3-4,8H,2H2,1H3. The van der Waals surface area contributed by atoms with Gasteiger partial charge in [0.1, 0.15) is 11.4 Å². The molecule has 0 aliphatic heterocycles. The Balaban J connectivity index is 3.27. The molecule has 0 saturated heterocycles. The molecule has 8 heteroatoms. The SMILES string of the molecule is CCOC(=O)c1cc(C(F)F)cc(C(F)(F)F)n1. The molecule has 0 spiro atoms. The van der Waals surface area contributed by atoms with Crippen molar-refractivity contribution in [3.05, 3.63) is 29.1 Å². The fourth-order valence-electron chi connectivity index (χ4n) is 1.13. The van der Waals surface area contributed by atoms with Crippen LogP contribution in [0.2, 0.25) is 0 Å². The van der Waals surface area contributed by atoms with Crippen molar-refractivity contribution < 1.29 is 31.5 Å². The topological polar surface area (TPSA) is 39.2 Å². The Morgan fingerprint density at radius 3 is 2.44 bits per heavy atom. The van der Waals surface area contributed by atoms with Gasteiger partial charge in [-0.2, -0.15) is 13.2 Å². The lowest BCUT2D eigenvalue weighted by Gasteiger charge is -2.10. The molecule has 0 aromatic carbocycles. The predicted molar refractivity (Wildman–Crippen MR) is 50.2 cm³/mol. The number of esters is 1. The summed E-state index contributed by atoms with van der Waals surface area (Å²) < 4.78 is 66.5. The first-order valence-electron chi connectivity index (χ1n) is 4.80. The van der Waals surface area contributed by atoms with Gasteiger partial charge in [-0.3, -0.25) is 0 Å². The van der Waals surface area contributed by atoms with E-state index in [2.05, 4.69) is 9.72 Å². The lowest BCUT2D eigenvalue weighted by Crippen LogP contribution is -2.15. The number of aromatic nitrogens is 1. The minimum atomic E-state index is -4.91. The van der Waals surface area contributed by atoms with E-state index in [0.29, 0.717) is 6.07 Å². The third-order valence-electron chi connectivity index (χ3n) is 1.87. The number of alkyl halides is 5. The van der Waals surface area contributed by atoms with Crippen LogP contribution in [0.15, 0.2) is 12.1 Å². The molecule has 0 N–H and O–H groups in total. The second-order valence-corrected chi connectivity index (χ2v) is 3.19. The largest absolute Gasteiger partial charge is 0.461 e. The minimum absolute atomic E-state index is 0.0965. The van der Waals surface area contributed by atoms with Crippen molar-refractivity contribution in [2.75, 3.05) is 6.61 Å². The number of hydrogen-bond acceptors (Lipinski definition) is 3. The Labute approximate surface area is 98.6 Å². The van der Waals surface area contributed by atoms with Crippen LogP contribution in [0, 0.1) is 0 Å². The maximum Gasteiger partial charge on any atom is 0.433 e. The maximum absolute atomic E-state index is 12.4. The molecule has 1 aromatic rings. The van der Waals surface area contributed by atoms with Crippen LogP contribution in [-0.2, 0) is 10.9 Å². The summed E-state index contributed by atoms with van der Waals surface area (Å²) in [7, 11) is 0. The second-order valence-electron chi connectivity index (χ2n) is 3.19. The fourth-order valence-corrected chi connectivity index (χ4v) is 1.13. The van der Waals surface area contributed by atoms with E-state index in [1.165, 1.54) is 6.92 Å². The van der Waals surface area contributed by atoms with E-state index >= 15 is 0 Å². The lowest BCUT2D eigenvalue weighted by atomic mass is 10.2. The van der Waals surface area contributed by atoms with E-state index < -0.39 is 35.5 Å². The highest BCUT2D eigenvalue weighted by Gasteiger charge is 2.34. The smallest absolute Gasteiger partial charge is 0.433 e. The van der Waals surface area contributed by atoms with Gasteiger partial charge in [0.15, 0.2) is 0 Å². The molecule has 1 aromatic heterocycles. The number of pyridine rings is 1. The van der Waals surface area contributed by atoms with Gasteiger partial charge in [0.2, 0.25) is 0 Å². The first-order chi connectivity index (χ1) is 8.25. The van der Waals surface area contributed by atoms with E-state index in [1.54, 1.807) is 0 Å². The summed E-state index contributed by atoms with van der Waals surface area (Å²) in [5.41, 5.74) is -3.27. The van der Waals surface area contributed by atoms with Gasteiger partial charge in [-0.05, 0) is 19.1 Å². The zero-order chi connectivity index (χ0) is 13.9. The molecule has 0 bridgehead atoms. The zero-order valence-corrected chi connectivity index (χ0v) is 9.09. The summed E-state index contributed by atoms with van der Waals surface area (Å²) in [5, 5.41) is 0. The van der Waals surface area contributed by atoms with Crippen LogP contribution in [0.25, 0.3) is 0 Å². The Hall–Kier alpha value is -1.73. The summed E-state index contributed by atoms with van der Waals surface area (Å²) in [6.45, 7) is 1.33. The van der Waals surface area contributed by atoms with Gasteiger partial charge in [-0.1, -0.05) is 0 Å². The maximum atomic E-state index is 12.4. The van der Waals surface area contributed by atoms with Crippen LogP contribution in [0.4, 0.5) is 22.0 Å². The first-order valence-corrected chi connectivity index (χ1v) is 4.80. The van der Waals surface area contributed by atoms with Crippen LogP contribution in [-0.4, -0.2) is 17.6 Å². The van der Waals surface area contributed by atoms with Gasteiger partial charge >= 0.3 is 12.1 Å². The van der Waals surface area contributed by atoms with Crippen molar-refractivity contribution in [1.29, 1.82) is 0 Å². The number of carbonyl (C=O) groups is 1. The van der Waals surface area contributed by atoms with E-state index in [1.807, 2.05) is 0 Å². The van der Waals surface area contributed by atoms with Gasteiger partial charge < -0.3 is 4.74 Å². The Kier molecular flexibility index (Phi) is 4.20. The molecule has 1 rings (SSSR count). The van der Waals surface area contributed by atoms with Crippen LogP contribution < -0.4 is 0 Å². The highest BCUT2D eigenvalue weighted by atomic mass is 19.4. The first kappa shape index (κ1) is 14.3. The van der Waals surface area contributed by atoms with Crippen LogP contribution in [0.1, 0.15) is 35.1 Å². The fraction of sp³-hybridized carbons (Fsp3) is 0.400. The van der Waals surface area contributed by atoms with E-state index in [-0.39, 0.29) is 12.7 Å². The molecular weight excluding hydrogens is 261 g/mol. The summed E-state index contributed by atoms with van der Waals surface area (Å²) in [6.07, 6.45) is -8.05. The van der Waals surface area contributed by atoms with Gasteiger partial charge in [-0.25, -0.2) is 18.6 Å². The van der Waals surface area contributed by atoms with E-state index in [4.69, 9.17) is 0 Å². The van der Waals surface area contributed by atoms with Crippen molar-refractivity contribution in [2.24, 2.45) is 0 Å². The summed E-state index contributed by atoms with van der Waals surface area (Å²) >= 11 is 0. The van der Waals surface area contributed by atoms with Crippen molar-refractivity contribution in [3.8, 4) is 0 Å². The molecule has 0 atom stereocenters. The third kappa shape index (κ3) is 3.38. The molecule has 0 saturated carbocycles. The van der Waals surface area contributed by atoms with Crippen LogP contribution >= 0.6 is 0 Å². The van der Waals surface area contributed by atoms with Gasteiger partial charge in [0.05, 0.1) is 6.61 Å². The number of nitrogens with zero attached hydrogens (tertiary/aromatic N) is 1. The van der Waals surface area contributed by atoms with E-state index in [9.17, 15) is 26.7 Å². The highest BCUT2D eigenvalue weighted by Crippen LogP contribution is 2.31. The quantitative estimate of drug-likeness (QED) is 0.624. The molecule has 18 heavy (non-hydrogen) atoms. The average Bonchev–Trinajstić information content (AvgIpc) is 2.27. The van der Waals surface area contributed by atoms with Crippen molar-refractivity contribution in [1.82, 2.24) is 4.98 Å². The molecule has 1 heterocycles. The summed E-state index contributed by atoms with van der Waals surface area (Å²) in [4.78, 5) is 14.2. The van der Waals surface area contributed by atoms with Crippen molar-refractivity contribution in [3.63, 3.8) is 0 Å². The molecule has 0 fully saturated rings. The molecule has 0 amide bonds. The molecule has 0 aliphatic rings. The van der Waals surface area contributed by atoms with Gasteiger partial charge in [0, 0.05) is 5.56 Å². The molecule has 0 radical (unpaired) electrons. The van der Waals surface area contributed by atoms with Gasteiger partial charge in [0.25, 0.3) is 6.43 Å². The molecule has 3 nitrogen and oxygen atoms in total. The molecule has 0 aliphatic carbocycles. The average molecular weight is 269 g/mol. The second kappa shape index (κ2) is 5.28. The van der Waals surface area contributed by atoms with Gasteiger partial charge in [-0.15, -0.1) is 0 Å². The van der Waals surface area contributed by atoms with Crippen molar-refractivity contribution in [2.45, 2.75) is 19.5 Å². The molecular formula is C10H8F5NO2. The molecule has 0 unspecified atom stereocenters. The number of carbonyl (C=O) groups excluding carboxylic acids is 1. The summed E-state index contributed by atoms with van der Waals surface area (Å²) in [5.74, 6) is -1.18. The Morgan fingerprint density at radius 2 is 2.00 bits per heavy atom. The Morgan fingerprint density at radius 1 is 1.39 bits per heavy atom. The predicted octanol–water partition coefficient (Wildman–Crippen LogP) is 3.21. The lowest BCUT2D eigenvalue weighted by molar-refractivity contribution is -0.141.